The van der Waals surface area contributed by atoms with E-state index >= 15 is 0 Å². The minimum absolute atomic E-state index is 0.217. The van der Waals surface area contributed by atoms with Gasteiger partial charge in [-0.25, -0.2) is 9.07 Å². The first-order chi connectivity index (χ1) is 10.1. The Bertz CT molecular complexity index is 670. The summed E-state index contributed by atoms with van der Waals surface area (Å²) in [5.41, 5.74) is 0.924. The molecule has 2 aromatic rings. The fraction of sp³-hybridized carbons (Fsp3) is 0.308. The van der Waals surface area contributed by atoms with Crippen molar-refractivity contribution in [1.82, 2.24) is 25.6 Å². The number of nitrogens with zero attached hydrogens (tertiary/aromatic N) is 3. The third-order valence-electron chi connectivity index (χ3n) is 3.32. The van der Waals surface area contributed by atoms with E-state index in [4.69, 9.17) is 0 Å². The van der Waals surface area contributed by atoms with Gasteiger partial charge < -0.3 is 10.6 Å². The molecule has 0 radical (unpaired) electrons. The zero-order valence-corrected chi connectivity index (χ0v) is 12.6. The Labute approximate surface area is 128 Å². The summed E-state index contributed by atoms with van der Waals surface area (Å²) in [7, 11) is 0. The van der Waals surface area contributed by atoms with Gasteiger partial charge >= 0.3 is 0 Å². The van der Waals surface area contributed by atoms with E-state index in [0.717, 1.165) is 17.6 Å². The average Bonchev–Trinajstić information content (AvgIpc) is 2.87. The van der Waals surface area contributed by atoms with Crippen molar-refractivity contribution in [2.24, 2.45) is 0 Å². The monoisotopic (exact) mass is 353 g/mol. The van der Waals surface area contributed by atoms with E-state index in [-0.39, 0.29) is 30.0 Å². The van der Waals surface area contributed by atoms with Gasteiger partial charge in [0.1, 0.15) is 5.82 Å². The second-order valence-corrected chi connectivity index (χ2v) is 5.67. The molecule has 1 aromatic heterocycles. The van der Waals surface area contributed by atoms with E-state index in [1.165, 1.54) is 12.1 Å². The van der Waals surface area contributed by atoms with Crippen molar-refractivity contribution in [3.05, 3.63) is 45.9 Å². The summed E-state index contributed by atoms with van der Waals surface area (Å²) >= 11 is 3.32. The summed E-state index contributed by atoms with van der Waals surface area (Å²) < 4.78 is 15.6. The number of halogens is 2. The smallest absolute Gasteiger partial charge is 0.273 e. The molecule has 1 saturated heterocycles. The molecule has 2 heterocycles. The number of benzene rings is 1. The molecule has 8 heteroatoms. The number of nitrogens with one attached hydrogen (secondary N) is 2. The van der Waals surface area contributed by atoms with Crippen LogP contribution in [0, 0.1) is 5.82 Å². The number of rotatable bonds is 4. The quantitative estimate of drug-likeness (QED) is 0.867. The van der Waals surface area contributed by atoms with Gasteiger partial charge in [-0.1, -0.05) is 21.1 Å². The third-order valence-corrected chi connectivity index (χ3v) is 4.10. The Kier molecular flexibility index (Phi) is 3.98. The van der Waals surface area contributed by atoms with Crippen molar-refractivity contribution in [2.45, 2.75) is 12.6 Å². The first kappa shape index (κ1) is 14.2. The molecule has 1 fully saturated rings. The average molecular weight is 354 g/mol. The molecule has 3 rings (SSSR count). The van der Waals surface area contributed by atoms with Crippen LogP contribution in [0.4, 0.5) is 4.39 Å². The second-order valence-electron chi connectivity index (χ2n) is 4.81. The second kappa shape index (κ2) is 5.90. The SMILES string of the molecule is O=C(NCc1cc(F)ccc1Br)c1cn(C2CNC2)nn1. The Morgan fingerprint density at radius 2 is 2.33 bits per heavy atom. The lowest BCUT2D eigenvalue weighted by atomic mass is 10.2. The number of amides is 1. The summed E-state index contributed by atoms with van der Waals surface area (Å²) in [5.74, 6) is -0.671. The molecule has 0 bridgehead atoms. The molecule has 2 N–H and O–H groups in total. The van der Waals surface area contributed by atoms with Crippen LogP contribution in [0.3, 0.4) is 0 Å². The van der Waals surface area contributed by atoms with Gasteiger partial charge in [-0.2, -0.15) is 0 Å². The fourth-order valence-corrected chi connectivity index (χ4v) is 2.35. The van der Waals surface area contributed by atoms with Crippen LogP contribution in [0.1, 0.15) is 22.1 Å². The maximum Gasteiger partial charge on any atom is 0.273 e. The maximum absolute atomic E-state index is 13.2. The first-order valence-corrected chi connectivity index (χ1v) is 7.27. The van der Waals surface area contributed by atoms with Crippen LogP contribution in [-0.4, -0.2) is 34.0 Å². The van der Waals surface area contributed by atoms with Gasteiger partial charge in [-0.05, 0) is 23.8 Å². The zero-order valence-electron chi connectivity index (χ0n) is 11.0. The minimum Gasteiger partial charge on any atom is -0.346 e. The molecule has 110 valence electrons. The van der Waals surface area contributed by atoms with Crippen molar-refractivity contribution >= 4 is 21.8 Å². The predicted molar refractivity (Wildman–Crippen MR) is 77.2 cm³/mol. The predicted octanol–water partition coefficient (Wildman–Crippen LogP) is 1.25. The number of hydrogen-bond acceptors (Lipinski definition) is 4. The van der Waals surface area contributed by atoms with Crippen molar-refractivity contribution in [2.75, 3.05) is 13.1 Å². The molecular weight excluding hydrogens is 341 g/mol. The lowest BCUT2D eigenvalue weighted by Crippen LogP contribution is -2.43. The minimum atomic E-state index is -0.342. The zero-order chi connectivity index (χ0) is 14.8. The molecule has 0 aliphatic carbocycles. The van der Waals surface area contributed by atoms with Crippen LogP contribution in [0.5, 0.6) is 0 Å². The van der Waals surface area contributed by atoms with E-state index < -0.39 is 0 Å². The van der Waals surface area contributed by atoms with Crippen molar-refractivity contribution in [1.29, 1.82) is 0 Å². The number of hydrogen-bond donors (Lipinski definition) is 2. The van der Waals surface area contributed by atoms with Crippen molar-refractivity contribution in [3.63, 3.8) is 0 Å². The van der Waals surface area contributed by atoms with Crippen LogP contribution >= 0.6 is 15.9 Å². The highest BCUT2D eigenvalue weighted by atomic mass is 79.9. The Morgan fingerprint density at radius 1 is 1.52 bits per heavy atom. The molecule has 1 aromatic carbocycles. The first-order valence-electron chi connectivity index (χ1n) is 6.48. The maximum atomic E-state index is 13.2. The van der Waals surface area contributed by atoms with E-state index in [1.807, 2.05) is 0 Å². The summed E-state index contributed by atoms with van der Waals surface area (Å²) in [4.78, 5) is 12.0. The Balaban J connectivity index is 1.63. The van der Waals surface area contributed by atoms with Gasteiger partial charge in [-0.3, -0.25) is 4.79 Å². The normalized spacial score (nSPS) is 14.8. The highest BCUT2D eigenvalue weighted by molar-refractivity contribution is 9.10. The van der Waals surface area contributed by atoms with Crippen LogP contribution in [0.2, 0.25) is 0 Å². The number of aromatic nitrogens is 3. The molecule has 0 unspecified atom stereocenters. The highest BCUT2D eigenvalue weighted by Crippen LogP contribution is 2.17. The van der Waals surface area contributed by atoms with Crippen LogP contribution < -0.4 is 10.6 Å². The van der Waals surface area contributed by atoms with Gasteiger partial charge in [0, 0.05) is 24.1 Å². The van der Waals surface area contributed by atoms with Crippen molar-refractivity contribution < 1.29 is 9.18 Å². The van der Waals surface area contributed by atoms with E-state index in [9.17, 15) is 9.18 Å². The molecule has 0 spiro atoms. The topological polar surface area (TPSA) is 71.8 Å². The number of carbonyl (C=O) groups is 1. The standard InChI is InChI=1S/C13H13BrFN5O/c14-11-2-1-9(15)3-8(11)4-17-13(21)12-7-20(19-18-12)10-5-16-6-10/h1-3,7,10,16H,4-6H2,(H,17,21). The molecule has 1 aliphatic heterocycles. The summed E-state index contributed by atoms with van der Waals surface area (Å²) in [6.45, 7) is 1.89. The van der Waals surface area contributed by atoms with E-state index in [1.54, 1.807) is 16.9 Å². The molecule has 0 saturated carbocycles. The summed E-state index contributed by atoms with van der Waals surface area (Å²) in [5, 5.41) is 13.6. The number of carbonyl (C=O) groups excluding carboxylic acids is 1. The van der Waals surface area contributed by atoms with Gasteiger partial charge in [0.25, 0.3) is 5.91 Å². The van der Waals surface area contributed by atoms with Gasteiger partial charge in [0.05, 0.1) is 12.2 Å². The lowest BCUT2D eigenvalue weighted by Gasteiger charge is -2.26. The summed E-state index contributed by atoms with van der Waals surface area (Å²) in [6.07, 6.45) is 1.63. The van der Waals surface area contributed by atoms with E-state index in [2.05, 4.69) is 36.9 Å². The molecular formula is C13H13BrFN5O. The van der Waals surface area contributed by atoms with Crippen LogP contribution in [-0.2, 0) is 6.54 Å². The lowest BCUT2D eigenvalue weighted by molar-refractivity contribution is 0.0945. The Morgan fingerprint density at radius 3 is 3.05 bits per heavy atom. The van der Waals surface area contributed by atoms with Crippen LogP contribution in [0.25, 0.3) is 0 Å². The third kappa shape index (κ3) is 3.11. The fourth-order valence-electron chi connectivity index (χ4n) is 1.96. The molecule has 1 amide bonds. The summed E-state index contributed by atoms with van der Waals surface area (Å²) in [6, 6.07) is 4.60. The molecule has 6 nitrogen and oxygen atoms in total. The molecule has 1 aliphatic rings. The van der Waals surface area contributed by atoms with E-state index in [0.29, 0.717) is 5.56 Å². The molecule has 0 atom stereocenters. The van der Waals surface area contributed by atoms with Gasteiger partial charge in [0.2, 0.25) is 0 Å². The van der Waals surface area contributed by atoms with Gasteiger partial charge in [0.15, 0.2) is 5.69 Å². The Hall–Kier alpha value is -1.80. The van der Waals surface area contributed by atoms with Gasteiger partial charge in [-0.15, -0.1) is 5.10 Å². The molecule has 21 heavy (non-hydrogen) atoms. The largest absolute Gasteiger partial charge is 0.346 e. The highest BCUT2D eigenvalue weighted by Gasteiger charge is 2.21. The van der Waals surface area contributed by atoms with Crippen molar-refractivity contribution in [3.8, 4) is 0 Å². The van der Waals surface area contributed by atoms with Crippen LogP contribution in [0.15, 0.2) is 28.9 Å².